The van der Waals surface area contributed by atoms with Gasteiger partial charge in [-0.3, -0.25) is 19.7 Å². The normalized spacial score (nSPS) is 14.5. The molecule has 0 radical (unpaired) electrons. The third-order valence-corrected chi connectivity index (χ3v) is 4.15. The van der Waals surface area contributed by atoms with E-state index >= 15 is 0 Å². The number of piperazine rings is 1. The number of anilines is 1. The Balaban J connectivity index is 1.89. The van der Waals surface area contributed by atoms with E-state index in [-0.39, 0.29) is 24.4 Å². The zero-order valence-electron chi connectivity index (χ0n) is 13.6. The number of non-ortho nitro benzene ring substituents is 1. The Kier molecular flexibility index (Phi) is 5.73. The van der Waals surface area contributed by atoms with Gasteiger partial charge in [-0.25, -0.2) is 0 Å². The predicted octanol–water partition coefficient (Wildman–Crippen LogP) is 1.81. The van der Waals surface area contributed by atoms with Crippen molar-refractivity contribution in [1.82, 2.24) is 4.90 Å². The molecule has 1 heterocycles. The minimum Gasteiger partial charge on any atom is -0.481 e. The zero-order valence-corrected chi connectivity index (χ0v) is 13.6. The van der Waals surface area contributed by atoms with Gasteiger partial charge >= 0.3 is 5.97 Å². The van der Waals surface area contributed by atoms with Crippen molar-refractivity contribution in [3.05, 3.63) is 33.9 Å². The minimum atomic E-state index is -0.888. The van der Waals surface area contributed by atoms with Gasteiger partial charge in [-0.1, -0.05) is 0 Å². The van der Waals surface area contributed by atoms with Crippen molar-refractivity contribution >= 4 is 23.3 Å². The molecule has 24 heavy (non-hydrogen) atoms. The summed E-state index contributed by atoms with van der Waals surface area (Å²) in [6.45, 7) is 4.29. The van der Waals surface area contributed by atoms with Crippen molar-refractivity contribution in [1.29, 1.82) is 0 Å². The number of aliphatic carboxylic acids is 1. The first-order valence-corrected chi connectivity index (χ1v) is 7.88. The van der Waals surface area contributed by atoms with E-state index in [9.17, 15) is 19.7 Å². The molecule has 0 aliphatic carbocycles. The standard InChI is InChI=1S/C16H21N3O5/c1-12-11-13(19(23)24)5-6-14(12)17-7-9-18(10-8-17)15(20)3-2-4-16(21)22/h5-6,11H,2-4,7-10H2,1H3,(H,21,22). The van der Waals surface area contributed by atoms with Crippen LogP contribution in [0.2, 0.25) is 0 Å². The summed E-state index contributed by atoms with van der Waals surface area (Å²) < 4.78 is 0. The van der Waals surface area contributed by atoms with Gasteiger partial charge in [0.15, 0.2) is 0 Å². The fraction of sp³-hybridized carbons (Fsp3) is 0.500. The molecule has 1 aliphatic heterocycles. The van der Waals surface area contributed by atoms with Crippen LogP contribution in [0.25, 0.3) is 0 Å². The first-order valence-electron chi connectivity index (χ1n) is 7.88. The van der Waals surface area contributed by atoms with Crippen LogP contribution >= 0.6 is 0 Å². The van der Waals surface area contributed by atoms with Gasteiger partial charge < -0.3 is 14.9 Å². The molecule has 1 amide bonds. The van der Waals surface area contributed by atoms with Crippen LogP contribution in [0, 0.1) is 17.0 Å². The molecule has 0 aromatic heterocycles. The Bertz CT molecular complexity index is 639. The van der Waals surface area contributed by atoms with E-state index in [2.05, 4.69) is 4.90 Å². The van der Waals surface area contributed by atoms with Crippen molar-refractivity contribution in [2.75, 3.05) is 31.1 Å². The Morgan fingerprint density at radius 2 is 1.88 bits per heavy atom. The molecule has 8 heteroatoms. The van der Waals surface area contributed by atoms with Crippen molar-refractivity contribution < 1.29 is 19.6 Å². The fourth-order valence-electron chi connectivity index (χ4n) is 2.85. The fourth-order valence-corrected chi connectivity index (χ4v) is 2.85. The molecule has 0 saturated carbocycles. The summed E-state index contributed by atoms with van der Waals surface area (Å²) >= 11 is 0. The van der Waals surface area contributed by atoms with Crippen molar-refractivity contribution in [2.45, 2.75) is 26.2 Å². The Morgan fingerprint density at radius 1 is 1.21 bits per heavy atom. The molecule has 1 aromatic carbocycles. The molecular weight excluding hydrogens is 314 g/mol. The van der Waals surface area contributed by atoms with Gasteiger partial charge in [-0.05, 0) is 25.0 Å². The van der Waals surface area contributed by atoms with E-state index in [0.29, 0.717) is 32.6 Å². The highest BCUT2D eigenvalue weighted by Crippen LogP contribution is 2.25. The summed E-state index contributed by atoms with van der Waals surface area (Å²) in [6, 6.07) is 4.79. The molecule has 1 aliphatic rings. The highest BCUT2D eigenvalue weighted by atomic mass is 16.6. The first kappa shape index (κ1) is 17.7. The second-order valence-corrected chi connectivity index (χ2v) is 5.84. The van der Waals surface area contributed by atoms with Gasteiger partial charge in [0.05, 0.1) is 4.92 Å². The van der Waals surface area contributed by atoms with Crippen LogP contribution in [0.4, 0.5) is 11.4 Å². The number of carboxylic acids is 1. The summed E-state index contributed by atoms with van der Waals surface area (Å²) in [5.41, 5.74) is 1.85. The minimum absolute atomic E-state index is 0.00763. The van der Waals surface area contributed by atoms with Gasteiger partial charge in [0.1, 0.15) is 0 Å². The number of hydrogen-bond acceptors (Lipinski definition) is 5. The molecule has 0 spiro atoms. The van der Waals surface area contributed by atoms with Crippen LogP contribution in [-0.4, -0.2) is 53.0 Å². The molecule has 130 valence electrons. The van der Waals surface area contributed by atoms with Crippen molar-refractivity contribution in [3.63, 3.8) is 0 Å². The number of nitro benzene ring substituents is 1. The number of rotatable bonds is 6. The third kappa shape index (κ3) is 4.43. The van der Waals surface area contributed by atoms with Gasteiger partial charge in [0.25, 0.3) is 5.69 Å². The van der Waals surface area contributed by atoms with Crippen LogP contribution in [0.5, 0.6) is 0 Å². The number of carboxylic acid groups (broad SMARTS) is 1. The Hall–Kier alpha value is -2.64. The lowest BCUT2D eigenvalue weighted by atomic mass is 10.1. The monoisotopic (exact) mass is 335 g/mol. The van der Waals surface area contributed by atoms with E-state index in [1.165, 1.54) is 6.07 Å². The van der Waals surface area contributed by atoms with E-state index in [1.807, 2.05) is 6.92 Å². The highest BCUT2D eigenvalue weighted by Gasteiger charge is 2.22. The number of hydrogen-bond donors (Lipinski definition) is 1. The van der Waals surface area contributed by atoms with E-state index in [4.69, 9.17) is 5.11 Å². The predicted molar refractivity (Wildman–Crippen MR) is 88.1 cm³/mol. The third-order valence-electron chi connectivity index (χ3n) is 4.15. The number of nitrogens with zero attached hydrogens (tertiary/aromatic N) is 3. The molecule has 1 aromatic rings. The molecule has 1 fully saturated rings. The maximum Gasteiger partial charge on any atom is 0.303 e. The molecule has 1 N–H and O–H groups in total. The van der Waals surface area contributed by atoms with Crippen molar-refractivity contribution in [2.24, 2.45) is 0 Å². The molecule has 8 nitrogen and oxygen atoms in total. The molecule has 0 unspecified atom stereocenters. The lowest BCUT2D eigenvalue weighted by Crippen LogP contribution is -2.49. The molecular formula is C16H21N3O5. The molecule has 0 atom stereocenters. The number of benzene rings is 1. The number of nitro groups is 1. The molecule has 0 bridgehead atoms. The highest BCUT2D eigenvalue weighted by molar-refractivity contribution is 5.77. The van der Waals surface area contributed by atoms with E-state index in [0.717, 1.165) is 11.3 Å². The summed E-state index contributed by atoms with van der Waals surface area (Å²) in [5, 5.41) is 19.4. The maximum absolute atomic E-state index is 12.0. The Morgan fingerprint density at radius 3 is 2.42 bits per heavy atom. The summed E-state index contributed by atoms with van der Waals surface area (Å²) in [6.07, 6.45) is 0.617. The smallest absolute Gasteiger partial charge is 0.303 e. The van der Waals surface area contributed by atoms with Crippen LogP contribution < -0.4 is 4.90 Å². The first-order chi connectivity index (χ1) is 11.4. The van der Waals surface area contributed by atoms with Gasteiger partial charge in [0, 0.05) is 56.8 Å². The number of carbonyl (C=O) groups excluding carboxylic acids is 1. The second kappa shape index (κ2) is 7.76. The average Bonchev–Trinajstić information content (AvgIpc) is 2.54. The second-order valence-electron chi connectivity index (χ2n) is 5.84. The van der Waals surface area contributed by atoms with Crippen molar-refractivity contribution in [3.8, 4) is 0 Å². The number of carbonyl (C=O) groups is 2. The number of aryl methyl sites for hydroxylation is 1. The zero-order chi connectivity index (χ0) is 17.7. The summed E-state index contributed by atoms with van der Waals surface area (Å²) in [5.74, 6) is -0.905. The van der Waals surface area contributed by atoms with Crippen LogP contribution in [0.15, 0.2) is 18.2 Å². The quantitative estimate of drug-likeness (QED) is 0.628. The van der Waals surface area contributed by atoms with E-state index < -0.39 is 10.9 Å². The Labute approximate surface area is 139 Å². The average molecular weight is 335 g/mol. The maximum atomic E-state index is 12.0. The van der Waals surface area contributed by atoms with Crippen LogP contribution in [-0.2, 0) is 9.59 Å². The van der Waals surface area contributed by atoms with Gasteiger partial charge in [-0.15, -0.1) is 0 Å². The van der Waals surface area contributed by atoms with E-state index in [1.54, 1.807) is 17.0 Å². The largest absolute Gasteiger partial charge is 0.481 e. The molecule has 2 rings (SSSR count). The summed E-state index contributed by atoms with van der Waals surface area (Å²) in [7, 11) is 0. The van der Waals surface area contributed by atoms with Gasteiger partial charge in [-0.2, -0.15) is 0 Å². The molecule has 1 saturated heterocycles. The van der Waals surface area contributed by atoms with Crippen LogP contribution in [0.3, 0.4) is 0 Å². The lowest BCUT2D eigenvalue weighted by Gasteiger charge is -2.36. The summed E-state index contributed by atoms with van der Waals surface area (Å²) in [4.78, 5) is 36.8. The number of amides is 1. The van der Waals surface area contributed by atoms with Gasteiger partial charge in [0.2, 0.25) is 5.91 Å². The topological polar surface area (TPSA) is 104 Å². The SMILES string of the molecule is Cc1cc([N+](=O)[O-])ccc1N1CCN(C(=O)CCCC(=O)O)CC1. The lowest BCUT2D eigenvalue weighted by molar-refractivity contribution is -0.384. The van der Waals surface area contributed by atoms with Crippen LogP contribution in [0.1, 0.15) is 24.8 Å².